The van der Waals surface area contributed by atoms with Gasteiger partial charge in [0.2, 0.25) is 5.16 Å². The molecule has 0 aliphatic carbocycles. The van der Waals surface area contributed by atoms with Crippen molar-refractivity contribution in [2.24, 2.45) is 0 Å². The second-order valence-electron chi connectivity index (χ2n) is 5.42. The second-order valence-corrected chi connectivity index (χ2v) is 7.17. The van der Waals surface area contributed by atoms with Gasteiger partial charge in [0.15, 0.2) is 5.82 Å². The molecule has 0 saturated heterocycles. The van der Waals surface area contributed by atoms with E-state index in [0.717, 1.165) is 5.56 Å². The van der Waals surface area contributed by atoms with Gasteiger partial charge in [-0.3, -0.25) is 15.2 Å². The lowest BCUT2D eigenvalue weighted by molar-refractivity contribution is -0.384. The van der Waals surface area contributed by atoms with Crippen LogP contribution in [0, 0.1) is 10.1 Å². The van der Waals surface area contributed by atoms with Crippen LogP contribution in [0.5, 0.6) is 5.75 Å². The number of benzene rings is 2. The Hall–Kier alpha value is -2.58. The molecule has 0 radical (unpaired) electrons. The highest BCUT2D eigenvalue weighted by Gasteiger charge is 2.16. The molecule has 0 fully saturated rings. The fourth-order valence-corrected chi connectivity index (χ4v) is 3.42. The van der Waals surface area contributed by atoms with Crippen molar-refractivity contribution in [2.75, 3.05) is 7.11 Å². The fraction of sp³-hybridized carbons (Fsp3) is 0.176. The SMILES string of the molecule is COc1ccc(Cl)cc1-c1nc(SC(C)c2cccc([N+](=O)[O-])c2)n[nH]1. The molecule has 3 aromatic rings. The molecule has 1 N–H and O–H groups in total. The van der Waals surface area contributed by atoms with E-state index in [1.807, 2.05) is 13.0 Å². The lowest BCUT2D eigenvalue weighted by Gasteiger charge is -2.08. The van der Waals surface area contributed by atoms with Crippen LogP contribution in [0.2, 0.25) is 5.02 Å². The summed E-state index contributed by atoms with van der Waals surface area (Å²) in [7, 11) is 1.57. The molecule has 0 aliphatic heterocycles. The molecule has 3 rings (SSSR count). The maximum atomic E-state index is 10.9. The monoisotopic (exact) mass is 390 g/mol. The highest BCUT2D eigenvalue weighted by atomic mass is 35.5. The number of halogens is 1. The van der Waals surface area contributed by atoms with Crippen molar-refractivity contribution in [3.8, 4) is 17.1 Å². The number of methoxy groups -OCH3 is 1. The minimum atomic E-state index is -0.406. The third-order valence-corrected chi connectivity index (χ3v) is 4.97. The molecule has 1 heterocycles. The predicted molar refractivity (Wildman–Crippen MR) is 101 cm³/mol. The number of nitrogens with one attached hydrogen (secondary N) is 1. The molecule has 134 valence electrons. The van der Waals surface area contributed by atoms with Crippen LogP contribution in [-0.2, 0) is 0 Å². The highest BCUT2D eigenvalue weighted by Crippen LogP contribution is 2.36. The summed E-state index contributed by atoms with van der Waals surface area (Å²) in [4.78, 5) is 15.0. The largest absolute Gasteiger partial charge is 0.496 e. The highest BCUT2D eigenvalue weighted by molar-refractivity contribution is 7.99. The summed E-state index contributed by atoms with van der Waals surface area (Å²) in [6.45, 7) is 1.94. The molecule has 26 heavy (non-hydrogen) atoms. The van der Waals surface area contributed by atoms with Gasteiger partial charge >= 0.3 is 0 Å². The van der Waals surface area contributed by atoms with E-state index < -0.39 is 4.92 Å². The van der Waals surface area contributed by atoms with Crippen molar-refractivity contribution in [2.45, 2.75) is 17.3 Å². The van der Waals surface area contributed by atoms with Crippen LogP contribution in [0.3, 0.4) is 0 Å². The maximum absolute atomic E-state index is 10.9. The number of non-ortho nitro benzene ring substituents is 1. The molecule has 9 heteroatoms. The number of ether oxygens (including phenoxy) is 1. The third kappa shape index (κ3) is 3.97. The number of thioether (sulfide) groups is 1. The van der Waals surface area contributed by atoms with Crippen molar-refractivity contribution in [3.63, 3.8) is 0 Å². The van der Waals surface area contributed by atoms with Crippen molar-refractivity contribution in [1.29, 1.82) is 0 Å². The van der Waals surface area contributed by atoms with E-state index in [4.69, 9.17) is 16.3 Å². The average Bonchev–Trinajstić information content (AvgIpc) is 3.10. The number of nitro groups is 1. The second kappa shape index (κ2) is 7.76. The molecule has 0 saturated carbocycles. The minimum absolute atomic E-state index is 0.0557. The minimum Gasteiger partial charge on any atom is -0.496 e. The third-order valence-electron chi connectivity index (χ3n) is 3.71. The average molecular weight is 391 g/mol. The quantitative estimate of drug-likeness (QED) is 0.365. The first-order chi connectivity index (χ1) is 12.5. The number of rotatable bonds is 6. The van der Waals surface area contributed by atoms with E-state index in [1.54, 1.807) is 37.4 Å². The van der Waals surface area contributed by atoms with Gasteiger partial charge < -0.3 is 4.74 Å². The van der Waals surface area contributed by atoms with Crippen LogP contribution in [0.4, 0.5) is 5.69 Å². The Balaban J connectivity index is 1.82. The zero-order valence-corrected chi connectivity index (χ0v) is 15.5. The van der Waals surface area contributed by atoms with Gasteiger partial charge in [-0.25, -0.2) is 4.98 Å². The molecule has 0 amide bonds. The van der Waals surface area contributed by atoms with Crippen molar-refractivity contribution >= 4 is 29.1 Å². The number of nitro benzene ring substituents is 1. The molecule has 1 aromatic heterocycles. The van der Waals surface area contributed by atoms with Crippen LogP contribution in [0.1, 0.15) is 17.7 Å². The summed E-state index contributed by atoms with van der Waals surface area (Å²) >= 11 is 7.46. The molecule has 0 bridgehead atoms. The van der Waals surface area contributed by atoms with Gasteiger partial charge in [-0.2, -0.15) is 0 Å². The van der Waals surface area contributed by atoms with E-state index in [2.05, 4.69) is 15.2 Å². The molecule has 0 aliphatic rings. The van der Waals surface area contributed by atoms with Gasteiger partial charge in [-0.1, -0.05) is 35.5 Å². The van der Waals surface area contributed by atoms with Gasteiger partial charge in [-0.15, -0.1) is 5.10 Å². The van der Waals surface area contributed by atoms with E-state index >= 15 is 0 Å². The summed E-state index contributed by atoms with van der Waals surface area (Å²) in [5.74, 6) is 1.17. The first kappa shape index (κ1) is 18.2. The Kier molecular flexibility index (Phi) is 5.43. The van der Waals surface area contributed by atoms with E-state index in [1.165, 1.54) is 17.8 Å². The predicted octanol–water partition coefficient (Wildman–Crippen LogP) is 4.90. The van der Waals surface area contributed by atoms with Crippen LogP contribution in [-0.4, -0.2) is 27.2 Å². The standard InChI is InChI=1S/C17H15ClN4O3S/c1-10(11-4-3-5-13(8-11)22(23)24)26-17-19-16(20-21-17)14-9-12(18)6-7-15(14)25-2/h3-10H,1-2H3,(H,19,20,21). The van der Waals surface area contributed by atoms with Crippen molar-refractivity contribution in [1.82, 2.24) is 15.2 Å². The first-order valence-electron chi connectivity index (χ1n) is 7.65. The van der Waals surface area contributed by atoms with Crippen LogP contribution in [0.15, 0.2) is 47.6 Å². The van der Waals surface area contributed by atoms with Gasteiger partial charge in [0.05, 0.1) is 17.6 Å². The Labute approximate surface area is 158 Å². The number of nitrogens with zero attached hydrogens (tertiary/aromatic N) is 3. The van der Waals surface area contributed by atoms with Gasteiger partial charge in [0.1, 0.15) is 5.75 Å². The van der Waals surface area contributed by atoms with Gasteiger partial charge in [0.25, 0.3) is 5.69 Å². The fourth-order valence-electron chi connectivity index (χ4n) is 2.40. The van der Waals surface area contributed by atoms with Crippen LogP contribution in [0.25, 0.3) is 11.4 Å². The molecule has 0 spiro atoms. The molecule has 1 unspecified atom stereocenters. The first-order valence-corrected chi connectivity index (χ1v) is 8.91. The zero-order chi connectivity index (χ0) is 18.7. The molecular weight excluding hydrogens is 376 g/mol. The summed E-state index contributed by atoms with van der Waals surface area (Å²) in [6, 6.07) is 11.8. The van der Waals surface area contributed by atoms with E-state index in [9.17, 15) is 10.1 Å². The number of hydrogen-bond acceptors (Lipinski definition) is 6. The van der Waals surface area contributed by atoms with E-state index in [0.29, 0.717) is 27.3 Å². The van der Waals surface area contributed by atoms with Crippen molar-refractivity contribution < 1.29 is 9.66 Å². The Morgan fingerprint density at radius 2 is 2.12 bits per heavy atom. The smallest absolute Gasteiger partial charge is 0.269 e. The lowest BCUT2D eigenvalue weighted by Crippen LogP contribution is -1.93. The molecule has 7 nitrogen and oxygen atoms in total. The Bertz CT molecular complexity index is 947. The van der Waals surface area contributed by atoms with Gasteiger partial charge in [0, 0.05) is 22.4 Å². The lowest BCUT2D eigenvalue weighted by atomic mass is 10.1. The topological polar surface area (TPSA) is 93.9 Å². The molecule has 1 atom stereocenters. The number of aromatic nitrogens is 3. The summed E-state index contributed by atoms with van der Waals surface area (Å²) in [5, 5.41) is 19.1. The van der Waals surface area contributed by atoms with Gasteiger partial charge in [-0.05, 0) is 30.7 Å². The Morgan fingerprint density at radius 3 is 2.85 bits per heavy atom. The molecular formula is C17H15ClN4O3S. The summed E-state index contributed by atoms with van der Waals surface area (Å²) < 4.78 is 5.33. The summed E-state index contributed by atoms with van der Waals surface area (Å²) in [6.07, 6.45) is 0. The normalized spacial score (nSPS) is 12.0. The maximum Gasteiger partial charge on any atom is 0.269 e. The van der Waals surface area contributed by atoms with Crippen molar-refractivity contribution in [3.05, 3.63) is 63.2 Å². The summed E-state index contributed by atoms with van der Waals surface area (Å²) in [5.41, 5.74) is 1.60. The number of aromatic amines is 1. The molecule has 2 aromatic carbocycles. The number of H-pyrrole nitrogens is 1. The van der Waals surface area contributed by atoms with Crippen LogP contribution >= 0.6 is 23.4 Å². The number of hydrogen-bond donors (Lipinski definition) is 1. The zero-order valence-electron chi connectivity index (χ0n) is 14.0. The van der Waals surface area contributed by atoms with E-state index in [-0.39, 0.29) is 10.9 Å². The Morgan fingerprint density at radius 1 is 1.31 bits per heavy atom. The van der Waals surface area contributed by atoms with Crippen LogP contribution < -0.4 is 4.74 Å².